The molecule has 5 rings (SSSR count). The molecule has 8 heteroatoms. The number of fused-ring (bicyclic) bond motifs is 2. The van der Waals surface area contributed by atoms with Crippen molar-refractivity contribution in [2.45, 2.75) is 53.2 Å². The average Bonchev–Trinajstić information content (AvgIpc) is 3.51. The molecule has 1 aromatic heterocycles. The molecule has 0 radical (unpaired) electrons. The van der Waals surface area contributed by atoms with Gasteiger partial charge in [-0.3, -0.25) is 0 Å². The zero-order chi connectivity index (χ0) is 32.6. The highest BCUT2D eigenvalue weighted by Gasteiger charge is 2.52. The molecule has 4 aromatic rings. The van der Waals surface area contributed by atoms with E-state index in [-0.39, 0.29) is 16.9 Å². The van der Waals surface area contributed by atoms with Crippen LogP contribution < -0.4 is 9.64 Å². The van der Waals surface area contributed by atoms with Gasteiger partial charge in [-0.25, -0.2) is 14.4 Å². The molecule has 1 N–H and O–H groups in total. The Balaban J connectivity index is 1.89. The van der Waals surface area contributed by atoms with E-state index in [9.17, 15) is 14.4 Å². The van der Waals surface area contributed by atoms with Gasteiger partial charge < -0.3 is 24.1 Å². The Morgan fingerprint density at radius 1 is 0.956 bits per heavy atom. The number of ether oxygens (including phenoxy) is 3. The minimum atomic E-state index is -1.53. The number of nitrogens with zero attached hydrogens (tertiary/aromatic N) is 1. The van der Waals surface area contributed by atoms with Crippen molar-refractivity contribution in [3.63, 3.8) is 0 Å². The zero-order valence-electron chi connectivity index (χ0n) is 26.6. The Labute approximate surface area is 263 Å². The van der Waals surface area contributed by atoms with Crippen LogP contribution in [0.15, 0.2) is 85.0 Å². The first-order valence-electron chi connectivity index (χ1n) is 15.0. The van der Waals surface area contributed by atoms with Crippen molar-refractivity contribution in [2.75, 3.05) is 18.0 Å². The number of hydrogen-bond donors (Lipinski definition) is 1. The Kier molecular flexibility index (Phi) is 8.43. The van der Waals surface area contributed by atoms with Gasteiger partial charge in [-0.15, -0.1) is 0 Å². The highest BCUT2D eigenvalue weighted by molar-refractivity contribution is 6.00. The molecule has 0 aliphatic carbocycles. The fourth-order valence-corrected chi connectivity index (χ4v) is 6.11. The lowest BCUT2D eigenvalue weighted by atomic mass is 9.77. The Bertz CT molecular complexity index is 1860. The van der Waals surface area contributed by atoms with E-state index in [2.05, 4.69) is 23.0 Å². The van der Waals surface area contributed by atoms with Crippen molar-refractivity contribution in [1.82, 2.24) is 4.98 Å². The van der Waals surface area contributed by atoms with Crippen LogP contribution in [0.25, 0.3) is 10.9 Å². The number of nitrogens with one attached hydrogen (secondary N) is 1. The lowest BCUT2D eigenvalue weighted by molar-refractivity contribution is -0.143. The van der Waals surface area contributed by atoms with Crippen molar-refractivity contribution in [3.05, 3.63) is 118 Å². The summed E-state index contributed by atoms with van der Waals surface area (Å²) in [7, 11) is 0. The number of carbonyl (C=O) groups is 3. The van der Waals surface area contributed by atoms with E-state index in [1.807, 2.05) is 69.3 Å². The number of benzene rings is 3. The molecule has 3 aromatic carbocycles. The second-order valence-corrected chi connectivity index (χ2v) is 11.4. The second kappa shape index (κ2) is 12.1. The van der Waals surface area contributed by atoms with E-state index in [0.717, 1.165) is 35.4 Å². The van der Waals surface area contributed by atoms with Crippen molar-refractivity contribution >= 4 is 34.5 Å². The normalized spacial score (nSPS) is 16.1. The minimum absolute atomic E-state index is 0.228. The summed E-state index contributed by atoms with van der Waals surface area (Å²) in [5.41, 5.74) is 4.14. The fraction of sp³-hybridized carbons (Fsp3) is 0.270. The predicted molar refractivity (Wildman–Crippen MR) is 175 cm³/mol. The highest BCUT2D eigenvalue weighted by Crippen LogP contribution is 2.54. The summed E-state index contributed by atoms with van der Waals surface area (Å²) in [4.78, 5) is 45.0. The molecule has 45 heavy (non-hydrogen) atoms. The van der Waals surface area contributed by atoms with Gasteiger partial charge >= 0.3 is 17.9 Å². The maximum Gasteiger partial charge on any atom is 0.340 e. The Morgan fingerprint density at radius 2 is 1.64 bits per heavy atom. The van der Waals surface area contributed by atoms with Crippen LogP contribution in [0, 0.1) is 6.92 Å². The maximum atomic E-state index is 13.7. The van der Waals surface area contributed by atoms with Gasteiger partial charge in [0.15, 0.2) is 5.60 Å². The number of carbonyl (C=O) groups excluding carboxylic acids is 3. The second-order valence-electron chi connectivity index (χ2n) is 11.4. The zero-order valence-corrected chi connectivity index (χ0v) is 26.6. The average molecular weight is 607 g/mol. The lowest BCUT2D eigenvalue weighted by Crippen LogP contribution is -2.32. The SMILES string of the molecule is C=C(C)C(=O)Oc1cc(N(CC)CC)ccc1C1(c2c(C)[nH]c3cccc(C(C)OC(=O)C(=C)C)c23)OC(=O)c2ccccc21. The molecular weight excluding hydrogens is 568 g/mol. The molecule has 0 spiro atoms. The Hall–Kier alpha value is -5.11. The molecule has 2 heterocycles. The summed E-state index contributed by atoms with van der Waals surface area (Å²) in [5.74, 6) is -1.38. The molecule has 2 unspecified atom stereocenters. The summed E-state index contributed by atoms with van der Waals surface area (Å²) < 4.78 is 18.3. The maximum absolute atomic E-state index is 13.7. The number of H-pyrrole nitrogens is 1. The van der Waals surface area contributed by atoms with Crippen molar-refractivity contribution in [1.29, 1.82) is 0 Å². The minimum Gasteiger partial charge on any atom is -0.454 e. The van der Waals surface area contributed by atoms with E-state index < -0.39 is 29.6 Å². The standard InChI is InChI=1S/C37H38N2O6/c1-9-39(10-2)25-18-19-29(31(20-25)44-35(41)22(5)6)37(28-16-12-11-14-27(28)36(42)45-37)33-23(7)38-30-17-13-15-26(32(30)33)24(8)43-34(40)21(3)4/h11-20,24,38H,3,5,9-10H2,1-2,4,6-8H3. The number of anilines is 1. The lowest BCUT2D eigenvalue weighted by Gasteiger charge is -2.33. The van der Waals surface area contributed by atoms with Crippen LogP contribution in [-0.4, -0.2) is 36.0 Å². The molecular formula is C37H38N2O6. The molecule has 0 amide bonds. The van der Waals surface area contributed by atoms with E-state index in [1.165, 1.54) is 0 Å². The third kappa shape index (κ3) is 5.30. The summed E-state index contributed by atoms with van der Waals surface area (Å²) in [5, 5.41) is 0.728. The monoisotopic (exact) mass is 606 g/mol. The molecule has 1 aliphatic heterocycles. The van der Waals surface area contributed by atoms with Gasteiger partial charge in [-0.1, -0.05) is 43.5 Å². The predicted octanol–water partition coefficient (Wildman–Crippen LogP) is 7.45. The molecule has 8 nitrogen and oxygen atoms in total. The molecule has 232 valence electrons. The van der Waals surface area contributed by atoms with Crippen molar-refractivity contribution in [3.8, 4) is 5.75 Å². The van der Waals surface area contributed by atoms with Gasteiger partial charge in [0.25, 0.3) is 0 Å². The van der Waals surface area contributed by atoms with Crippen LogP contribution >= 0.6 is 0 Å². The molecule has 0 saturated carbocycles. The molecule has 1 aliphatic rings. The first-order chi connectivity index (χ1) is 21.4. The van der Waals surface area contributed by atoms with Crippen molar-refractivity contribution < 1.29 is 28.6 Å². The number of aromatic amines is 1. The quantitative estimate of drug-likeness (QED) is 0.114. The topological polar surface area (TPSA) is 97.9 Å². The van der Waals surface area contributed by atoms with Crippen LogP contribution in [0.1, 0.15) is 79.0 Å². The highest BCUT2D eigenvalue weighted by atomic mass is 16.6. The number of aryl methyl sites for hydroxylation is 1. The number of rotatable bonds is 10. The van der Waals surface area contributed by atoms with Crippen molar-refractivity contribution in [2.24, 2.45) is 0 Å². The van der Waals surface area contributed by atoms with Crippen LogP contribution in [0.3, 0.4) is 0 Å². The van der Waals surface area contributed by atoms with E-state index in [4.69, 9.17) is 14.2 Å². The van der Waals surface area contributed by atoms with Gasteiger partial charge in [-0.2, -0.15) is 0 Å². The van der Waals surface area contributed by atoms with Gasteiger partial charge in [0.1, 0.15) is 11.9 Å². The van der Waals surface area contributed by atoms with Gasteiger partial charge in [-0.05, 0) is 65.8 Å². The smallest absolute Gasteiger partial charge is 0.340 e. The summed E-state index contributed by atoms with van der Waals surface area (Å²) in [6, 6.07) is 18.5. The number of aromatic nitrogens is 1. The van der Waals surface area contributed by atoms with Gasteiger partial charge in [0, 0.05) is 74.8 Å². The Morgan fingerprint density at radius 3 is 2.31 bits per heavy atom. The number of hydrogen-bond acceptors (Lipinski definition) is 7. The van der Waals surface area contributed by atoms with Crippen LogP contribution in [0.5, 0.6) is 5.75 Å². The first kappa shape index (κ1) is 31.3. The van der Waals surface area contributed by atoms with E-state index >= 15 is 0 Å². The van der Waals surface area contributed by atoms with Crippen LogP contribution in [0.2, 0.25) is 0 Å². The van der Waals surface area contributed by atoms with Crippen LogP contribution in [-0.2, 0) is 24.7 Å². The summed E-state index contributed by atoms with van der Waals surface area (Å²) >= 11 is 0. The fourth-order valence-electron chi connectivity index (χ4n) is 6.11. The number of esters is 3. The third-order valence-electron chi connectivity index (χ3n) is 8.26. The molecule has 0 fully saturated rings. The largest absolute Gasteiger partial charge is 0.454 e. The molecule has 0 bridgehead atoms. The van der Waals surface area contributed by atoms with E-state index in [0.29, 0.717) is 27.8 Å². The summed E-state index contributed by atoms with van der Waals surface area (Å²) in [6.07, 6.45) is -0.665. The molecule has 0 saturated heterocycles. The third-order valence-corrected chi connectivity index (χ3v) is 8.26. The summed E-state index contributed by atoms with van der Waals surface area (Å²) in [6.45, 7) is 20.0. The van der Waals surface area contributed by atoms with Gasteiger partial charge in [0.2, 0.25) is 0 Å². The molecule has 2 atom stereocenters. The van der Waals surface area contributed by atoms with E-state index in [1.54, 1.807) is 32.9 Å². The number of cyclic esters (lactones) is 1. The van der Waals surface area contributed by atoms with Gasteiger partial charge in [0.05, 0.1) is 5.56 Å². The first-order valence-corrected chi connectivity index (χ1v) is 15.0. The van der Waals surface area contributed by atoms with Crippen LogP contribution in [0.4, 0.5) is 5.69 Å².